The van der Waals surface area contributed by atoms with Crippen molar-refractivity contribution in [1.82, 2.24) is 5.32 Å². The molecule has 0 saturated heterocycles. The zero-order valence-corrected chi connectivity index (χ0v) is 12.5. The first-order valence-corrected chi connectivity index (χ1v) is 8.27. The van der Waals surface area contributed by atoms with E-state index in [0.717, 1.165) is 18.4 Å². The summed E-state index contributed by atoms with van der Waals surface area (Å²) in [7, 11) is 0. The largest absolute Gasteiger partial charge is 0.306 e. The minimum Gasteiger partial charge on any atom is -0.306 e. The van der Waals surface area contributed by atoms with E-state index in [1.165, 1.54) is 42.4 Å². The Morgan fingerprint density at radius 3 is 2.19 bits per heavy atom. The van der Waals surface area contributed by atoms with E-state index in [2.05, 4.69) is 59.9 Å². The van der Waals surface area contributed by atoms with E-state index < -0.39 is 0 Å². The molecule has 2 aromatic rings. The molecular formula is C20H23N. The average molecular weight is 277 g/mol. The van der Waals surface area contributed by atoms with Crippen LogP contribution in [-0.2, 0) is 6.54 Å². The number of hydrogen-bond donors (Lipinski definition) is 1. The fraction of sp³-hybridized carbons (Fsp3) is 0.400. The monoisotopic (exact) mass is 277 g/mol. The third-order valence-electron chi connectivity index (χ3n) is 4.81. The van der Waals surface area contributed by atoms with Crippen LogP contribution in [0.15, 0.2) is 54.6 Å². The third kappa shape index (κ3) is 3.19. The van der Waals surface area contributed by atoms with Gasteiger partial charge in [-0.3, -0.25) is 0 Å². The van der Waals surface area contributed by atoms with E-state index in [1.54, 1.807) is 0 Å². The number of nitrogens with one attached hydrogen (secondary N) is 1. The summed E-state index contributed by atoms with van der Waals surface area (Å²) >= 11 is 0. The van der Waals surface area contributed by atoms with Gasteiger partial charge in [0.05, 0.1) is 0 Å². The van der Waals surface area contributed by atoms with E-state index in [9.17, 15) is 0 Å². The SMILES string of the molecule is c1ccc(C(NCc2ccc(C3CC3)cc2)C2CC2)cc1. The van der Waals surface area contributed by atoms with Gasteiger partial charge in [-0.1, -0.05) is 54.6 Å². The molecule has 2 aliphatic rings. The molecule has 1 unspecified atom stereocenters. The van der Waals surface area contributed by atoms with E-state index in [-0.39, 0.29) is 0 Å². The molecule has 108 valence electrons. The first-order valence-electron chi connectivity index (χ1n) is 8.27. The van der Waals surface area contributed by atoms with Gasteiger partial charge in [0.15, 0.2) is 0 Å². The molecule has 1 atom stereocenters. The molecular weight excluding hydrogens is 254 g/mol. The Morgan fingerprint density at radius 1 is 0.857 bits per heavy atom. The van der Waals surface area contributed by atoms with Crippen molar-refractivity contribution in [3.63, 3.8) is 0 Å². The van der Waals surface area contributed by atoms with Gasteiger partial charge in [0.25, 0.3) is 0 Å². The van der Waals surface area contributed by atoms with Gasteiger partial charge in [-0.25, -0.2) is 0 Å². The van der Waals surface area contributed by atoms with Gasteiger partial charge in [0.1, 0.15) is 0 Å². The highest BCUT2D eigenvalue weighted by Crippen LogP contribution is 2.41. The molecule has 4 rings (SSSR count). The van der Waals surface area contributed by atoms with Gasteiger partial charge in [-0.2, -0.15) is 0 Å². The minimum absolute atomic E-state index is 0.523. The lowest BCUT2D eigenvalue weighted by Gasteiger charge is -2.19. The third-order valence-corrected chi connectivity index (χ3v) is 4.81. The lowest BCUT2D eigenvalue weighted by atomic mass is 10.0. The van der Waals surface area contributed by atoms with Crippen molar-refractivity contribution < 1.29 is 0 Å². The molecule has 0 spiro atoms. The van der Waals surface area contributed by atoms with Gasteiger partial charge in [0, 0.05) is 12.6 Å². The van der Waals surface area contributed by atoms with Crippen LogP contribution in [0, 0.1) is 5.92 Å². The van der Waals surface area contributed by atoms with Crippen LogP contribution in [-0.4, -0.2) is 0 Å². The summed E-state index contributed by atoms with van der Waals surface area (Å²) in [4.78, 5) is 0. The van der Waals surface area contributed by atoms with Gasteiger partial charge in [0.2, 0.25) is 0 Å². The standard InChI is InChI=1S/C20H23N/c1-2-4-18(5-3-1)20(19-12-13-19)21-14-15-6-8-16(9-7-15)17-10-11-17/h1-9,17,19-21H,10-14H2. The molecule has 0 heterocycles. The summed E-state index contributed by atoms with van der Waals surface area (Å²) in [6, 6.07) is 20.7. The van der Waals surface area contributed by atoms with Crippen LogP contribution < -0.4 is 5.32 Å². The first kappa shape index (κ1) is 13.1. The molecule has 2 saturated carbocycles. The molecule has 1 N–H and O–H groups in total. The number of hydrogen-bond acceptors (Lipinski definition) is 1. The Morgan fingerprint density at radius 2 is 1.57 bits per heavy atom. The predicted molar refractivity (Wildman–Crippen MR) is 87.2 cm³/mol. The summed E-state index contributed by atoms with van der Waals surface area (Å²) in [5.74, 6) is 1.69. The predicted octanol–water partition coefficient (Wildman–Crippen LogP) is 4.80. The van der Waals surface area contributed by atoms with Crippen molar-refractivity contribution in [2.45, 2.75) is 44.2 Å². The molecule has 0 amide bonds. The Kier molecular flexibility index (Phi) is 3.52. The van der Waals surface area contributed by atoms with E-state index in [0.29, 0.717) is 6.04 Å². The Bertz CT molecular complexity index is 579. The molecule has 1 nitrogen and oxygen atoms in total. The van der Waals surface area contributed by atoms with Gasteiger partial charge < -0.3 is 5.32 Å². The highest BCUT2D eigenvalue weighted by atomic mass is 14.9. The maximum absolute atomic E-state index is 3.78. The van der Waals surface area contributed by atoms with E-state index in [1.807, 2.05) is 0 Å². The van der Waals surface area contributed by atoms with Crippen LogP contribution >= 0.6 is 0 Å². The van der Waals surface area contributed by atoms with Crippen molar-refractivity contribution in [2.75, 3.05) is 0 Å². The lowest BCUT2D eigenvalue weighted by Crippen LogP contribution is -2.22. The van der Waals surface area contributed by atoms with Crippen molar-refractivity contribution in [1.29, 1.82) is 0 Å². The topological polar surface area (TPSA) is 12.0 Å². The summed E-state index contributed by atoms with van der Waals surface area (Å²) in [6.45, 7) is 0.973. The second-order valence-electron chi connectivity index (χ2n) is 6.62. The summed E-state index contributed by atoms with van der Waals surface area (Å²) in [5, 5.41) is 3.78. The number of rotatable bonds is 6. The fourth-order valence-electron chi connectivity index (χ4n) is 3.20. The summed E-state index contributed by atoms with van der Waals surface area (Å²) < 4.78 is 0. The molecule has 0 radical (unpaired) electrons. The van der Waals surface area contributed by atoms with Gasteiger partial charge in [-0.05, 0) is 54.2 Å². The lowest BCUT2D eigenvalue weighted by molar-refractivity contribution is 0.480. The molecule has 21 heavy (non-hydrogen) atoms. The molecule has 2 fully saturated rings. The molecule has 0 aliphatic heterocycles. The first-order chi connectivity index (χ1) is 10.4. The fourth-order valence-corrected chi connectivity index (χ4v) is 3.20. The van der Waals surface area contributed by atoms with Gasteiger partial charge >= 0.3 is 0 Å². The Balaban J connectivity index is 1.41. The highest BCUT2D eigenvalue weighted by Gasteiger charge is 2.31. The van der Waals surface area contributed by atoms with Crippen LogP contribution in [0.1, 0.15) is 54.3 Å². The van der Waals surface area contributed by atoms with Crippen LogP contribution in [0.2, 0.25) is 0 Å². The smallest absolute Gasteiger partial charge is 0.0351 e. The molecule has 1 heteroatoms. The van der Waals surface area contributed by atoms with Crippen molar-refractivity contribution in [3.05, 3.63) is 71.3 Å². The molecule has 0 aromatic heterocycles. The van der Waals surface area contributed by atoms with Crippen LogP contribution in [0.4, 0.5) is 0 Å². The second-order valence-corrected chi connectivity index (χ2v) is 6.62. The maximum Gasteiger partial charge on any atom is 0.0351 e. The highest BCUT2D eigenvalue weighted by molar-refractivity contribution is 5.28. The van der Waals surface area contributed by atoms with Crippen LogP contribution in [0.3, 0.4) is 0 Å². The molecule has 2 aromatic carbocycles. The molecule has 2 aliphatic carbocycles. The summed E-state index contributed by atoms with van der Waals surface area (Å²) in [6.07, 6.45) is 5.51. The van der Waals surface area contributed by atoms with E-state index >= 15 is 0 Å². The normalized spacial score (nSPS) is 19.4. The van der Waals surface area contributed by atoms with E-state index in [4.69, 9.17) is 0 Å². The Labute approximate surface area is 127 Å². The van der Waals surface area contributed by atoms with Crippen molar-refractivity contribution in [2.24, 2.45) is 5.92 Å². The van der Waals surface area contributed by atoms with Crippen molar-refractivity contribution in [3.8, 4) is 0 Å². The van der Waals surface area contributed by atoms with Crippen LogP contribution in [0.25, 0.3) is 0 Å². The van der Waals surface area contributed by atoms with Crippen LogP contribution in [0.5, 0.6) is 0 Å². The summed E-state index contributed by atoms with van der Waals surface area (Å²) in [5.41, 5.74) is 4.37. The Hall–Kier alpha value is -1.60. The zero-order valence-electron chi connectivity index (χ0n) is 12.5. The average Bonchev–Trinajstić information content (AvgIpc) is 3.41. The van der Waals surface area contributed by atoms with Gasteiger partial charge in [-0.15, -0.1) is 0 Å². The quantitative estimate of drug-likeness (QED) is 0.799. The zero-order chi connectivity index (χ0) is 14.1. The minimum atomic E-state index is 0.523. The maximum atomic E-state index is 3.78. The number of benzene rings is 2. The second kappa shape index (κ2) is 5.65. The van der Waals surface area contributed by atoms with Crippen molar-refractivity contribution >= 4 is 0 Å². The molecule has 0 bridgehead atoms.